The summed E-state index contributed by atoms with van der Waals surface area (Å²) in [5.41, 5.74) is 2.06. The molecule has 2 N–H and O–H groups in total. The van der Waals surface area contributed by atoms with Crippen LogP contribution in [0.2, 0.25) is 0 Å². The second-order valence-electron chi connectivity index (χ2n) is 10.8. The zero-order valence-electron chi connectivity index (χ0n) is 21.1. The number of imide groups is 2. The van der Waals surface area contributed by atoms with Crippen LogP contribution in [-0.2, 0) is 25.6 Å². The third kappa shape index (κ3) is 3.70. The van der Waals surface area contributed by atoms with Crippen molar-refractivity contribution in [3.8, 4) is 11.5 Å². The molecule has 6 rings (SSSR count). The number of rotatable bonds is 5. The Kier molecular flexibility index (Phi) is 6.55. The summed E-state index contributed by atoms with van der Waals surface area (Å²) in [7, 11) is 0. The van der Waals surface area contributed by atoms with Crippen molar-refractivity contribution in [1.29, 1.82) is 0 Å². The summed E-state index contributed by atoms with van der Waals surface area (Å²) in [6.45, 7) is 0.180. The van der Waals surface area contributed by atoms with E-state index in [0.29, 0.717) is 17.6 Å². The van der Waals surface area contributed by atoms with Gasteiger partial charge in [0.05, 0.1) is 17.3 Å². The van der Waals surface area contributed by atoms with E-state index in [1.165, 1.54) is 17.0 Å². The fourth-order valence-electron chi connectivity index (χ4n) is 6.98. The summed E-state index contributed by atoms with van der Waals surface area (Å²) in [4.78, 5) is 53.2. The number of fused-ring (bicyclic) bond motifs is 4. The summed E-state index contributed by atoms with van der Waals surface area (Å²) in [6, 6.07) is 12.8. The maximum Gasteiger partial charge on any atom is 0.254 e. The first-order chi connectivity index (χ1) is 19.0. The van der Waals surface area contributed by atoms with Gasteiger partial charge in [-0.25, -0.2) is 0 Å². The van der Waals surface area contributed by atoms with E-state index in [1.54, 1.807) is 36.4 Å². The quantitative estimate of drug-likeness (QED) is 0.219. The minimum atomic E-state index is -1.87. The molecule has 6 unspecified atom stereocenters. The fourth-order valence-corrected chi connectivity index (χ4v) is 8.41. The average molecular weight is 648 g/mol. The van der Waals surface area contributed by atoms with Gasteiger partial charge in [0.2, 0.25) is 11.8 Å². The first-order valence-electron chi connectivity index (χ1n) is 12.9. The maximum atomic E-state index is 13.9. The molecule has 2 heterocycles. The molecule has 2 aromatic rings. The van der Waals surface area contributed by atoms with E-state index in [0.717, 1.165) is 10.5 Å². The van der Waals surface area contributed by atoms with E-state index in [9.17, 15) is 29.4 Å². The molecule has 2 aliphatic carbocycles. The van der Waals surface area contributed by atoms with E-state index in [2.05, 4.69) is 15.9 Å². The summed E-state index contributed by atoms with van der Waals surface area (Å²) < 4.78 is 0. The number of likely N-dealkylation sites (tertiary alicyclic amines) is 2. The molecule has 40 heavy (non-hydrogen) atoms. The zero-order valence-corrected chi connectivity index (χ0v) is 24.2. The van der Waals surface area contributed by atoms with Gasteiger partial charge in [0, 0.05) is 12.5 Å². The maximum absolute atomic E-state index is 13.9. The minimum Gasteiger partial charge on any atom is -0.508 e. The molecule has 0 radical (unpaired) electrons. The Morgan fingerprint density at radius 3 is 2.10 bits per heavy atom. The standard InChI is InChI=1S/C29H25BrCl2N2O6/c30-14-34-26(39)28(31)13-21-19(23(29(28,32)27(34)40)16-3-7-18(36)8-4-16)9-10-20-22(21)25(38)33(24(20)37)12-11-15-1-5-17(35)6-2-15/h1-9,20-23,35-36H,10-14H2. The number of aromatic hydroxyl groups is 2. The average Bonchev–Trinajstić information content (AvgIpc) is 3.26. The van der Waals surface area contributed by atoms with Crippen molar-refractivity contribution in [3.05, 3.63) is 71.3 Å². The molecule has 208 valence electrons. The first-order valence-corrected chi connectivity index (χ1v) is 14.8. The van der Waals surface area contributed by atoms with Crippen molar-refractivity contribution >= 4 is 62.8 Å². The Morgan fingerprint density at radius 2 is 1.48 bits per heavy atom. The van der Waals surface area contributed by atoms with Gasteiger partial charge in [-0.2, -0.15) is 0 Å². The van der Waals surface area contributed by atoms with E-state index < -0.39 is 45.2 Å². The Hall–Kier alpha value is -2.88. The SMILES string of the molecule is O=C1C2CC=C3C(CC4(Cl)C(=O)N(CBr)C(=O)C4(Cl)C3c3ccc(O)cc3)C2C(=O)N1CCc1ccc(O)cc1. The molecule has 6 atom stereocenters. The van der Waals surface area contributed by atoms with Crippen LogP contribution in [0.3, 0.4) is 0 Å². The van der Waals surface area contributed by atoms with Crippen LogP contribution >= 0.6 is 39.1 Å². The van der Waals surface area contributed by atoms with Crippen LogP contribution in [-0.4, -0.2) is 65.4 Å². The van der Waals surface area contributed by atoms with Crippen molar-refractivity contribution in [2.75, 3.05) is 12.0 Å². The Morgan fingerprint density at radius 1 is 0.850 bits per heavy atom. The number of hydrogen-bond acceptors (Lipinski definition) is 6. The number of carbonyl (C=O) groups is 4. The van der Waals surface area contributed by atoms with Gasteiger partial charge in [0.15, 0.2) is 9.75 Å². The highest BCUT2D eigenvalue weighted by Crippen LogP contribution is 2.65. The number of phenolic OH excluding ortho intramolecular Hbond substituents is 2. The van der Waals surface area contributed by atoms with E-state index in [4.69, 9.17) is 23.2 Å². The topological polar surface area (TPSA) is 115 Å². The van der Waals surface area contributed by atoms with E-state index >= 15 is 0 Å². The highest BCUT2D eigenvalue weighted by molar-refractivity contribution is 9.09. The fraction of sp³-hybridized carbons (Fsp3) is 0.379. The summed E-state index contributed by atoms with van der Waals surface area (Å²) in [5.74, 6) is -4.53. The summed E-state index contributed by atoms with van der Waals surface area (Å²) in [5, 5.41) is 19.5. The first kappa shape index (κ1) is 27.3. The van der Waals surface area contributed by atoms with Gasteiger partial charge < -0.3 is 10.2 Å². The van der Waals surface area contributed by atoms with Gasteiger partial charge in [0.1, 0.15) is 11.5 Å². The van der Waals surface area contributed by atoms with Crippen molar-refractivity contribution in [2.24, 2.45) is 17.8 Å². The molecule has 11 heteroatoms. The molecule has 3 fully saturated rings. The lowest BCUT2D eigenvalue weighted by molar-refractivity contribution is -0.141. The zero-order chi connectivity index (χ0) is 28.6. The highest BCUT2D eigenvalue weighted by atomic mass is 79.9. The van der Waals surface area contributed by atoms with Crippen LogP contribution in [0.25, 0.3) is 0 Å². The second kappa shape index (κ2) is 9.60. The van der Waals surface area contributed by atoms with Gasteiger partial charge in [-0.3, -0.25) is 29.0 Å². The number of hydrogen-bond donors (Lipinski definition) is 2. The van der Waals surface area contributed by atoms with Crippen LogP contribution in [0, 0.1) is 17.8 Å². The van der Waals surface area contributed by atoms with Crippen molar-refractivity contribution in [2.45, 2.75) is 34.9 Å². The largest absolute Gasteiger partial charge is 0.508 e. The number of carbonyl (C=O) groups excluding carboxylic acids is 4. The predicted octanol–water partition coefficient (Wildman–Crippen LogP) is 4.05. The van der Waals surface area contributed by atoms with Crippen LogP contribution in [0.5, 0.6) is 11.5 Å². The summed E-state index contributed by atoms with van der Waals surface area (Å²) in [6.07, 6.45) is 2.53. The highest BCUT2D eigenvalue weighted by Gasteiger charge is 2.76. The molecule has 0 spiro atoms. The van der Waals surface area contributed by atoms with Crippen molar-refractivity contribution < 1.29 is 29.4 Å². The number of halogens is 3. The lowest BCUT2D eigenvalue weighted by atomic mass is 9.56. The van der Waals surface area contributed by atoms with Crippen LogP contribution in [0.15, 0.2) is 60.2 Å². The molecular formula is C29H25BrCl2N2O6. The van der Waals surface area contributed by atoms with Crippen LogP contribution in [0.1, 0.15) is 29.9 Å². The Balaban J connectivity index is 1.40. The van der Waals surface area contributed by atoms with E-state index in [1.807, 2.05) is 6.08 Å². The third-order valence-corrected chi connectivity index (χ3v) is 10.8. The molecule has 1 saturated carbocycles. The van der Waals surface area contributed by atoms with Gasteiger partial charge in [0.25, 0.3) is 11.8 Å². The molecule has 2 aromatic carbocycles. The van der Waals surface area contributed by atoms with Crippen LogP contribution in [0.4, 0.5) is 0 Å². The normalized spacial score (nSPS) is 33.1. The lowest BCUT2D eigenvalue weighted by Gasteiger charge is -2.50. The molecular weight excluding hydrogens is 623 g/mol. The van der Waals surface area contributed by atoms with Crippen molar-refractivity contribution in [3.63, 3.8) is 0 Å². The Bertz CT molecular complexity index is 1460. The van der Waals surface area contributed by atoms with Crippen molar-refractivity contribution in [1.82, 2.24) is 9.80 Å². The number of alkyl halides is 3. The lowest BCUT2D eigenvalue weighted by Crippen LogP contribution is -2.60. The van der Waals surface area contributed by atoms with Crippen LogP contribution < -0.4 is 0 Å². The van der Waals surface area contributed by atoms with Gasteiger partial charge in [-0.05, 0) is 60.6 Å². The smallest absolute Gasteiger partial charge is 0.254 e. The molecule has 0 aromatic heterocycles. The second-order valence-corrected chi connectivity index (χ2v) is 12.6. The monoisotopic (exact) mass is 646 g/mol. The molecule has 0 bridgehead atoms. The number of allylic oxidation sites excluding steroid dienone is 2. The number of phenols is 2. The minimum absolute atomic E-state index is 0.0197. The number of amides is 4. The third-order valence-electron chi connectivity index (χ3n) is 8.89. The van der Waals surface area contributed by atoms with Gasteiger partial charge in [-0.15, -0.1) is 23.2 Å². The number of benzene rings is 2. The van der Waals surface area contributed by atoms with Gasteiger partial charge >= 0.3 is 0 Å². The number of nitrogens with zero attached hydrogens (tertiary/aromatic N) is 2. The van der Waals surface area contributed by atoms with E-state index in [-0.39, 0.29) is 48.2 Å². The summed E-state index contributed by atoms with van der Waals surface area (Å²) >= 11 is 17.5. The molecule has 2 aliphatic heterocycles. The molecule has 4 aliphatic rings. The molecule has 8 nitrogen and oxygen atoms in total. The van der Waals surface area contributed by atoms with Gasteiger partial charge in [-0.1, -0.05) is 51.8 Å². The Labute approximate surface area is 248 Å². The predicted molar refractivity (Wildman–Crippen MR) is 150 cm³/mol. The molecule has 4 amide bonds. The molecule has 2 saturated heterocycles.